The minimum absolute atomic E-state index is 0.0241. The lowest BCUT2D eigenvalue weighted by molar-refractivity contribution is -0.126. The Morgan fingerprint density at radius 2 is 2.00 bits per heavy atom. The number of hydrogen-bond donors (Lipinski definition) is 1. The van der Waals surface area contributed by atoms with Gasteiger partial charge in [0.05, 0.1) is 12.3 Å². The number of nitrogens with zero attached hydrogens (tertiary/aromatic N) is 2. The van der Waals surface area contributed by atoms with Crippen molar-refractivity contribution in [3.63, 3.8) is 0 Å². The number of phenolic OH excluding ortho intramolecular Hbond substituents is 1. The summed E-state index contributed by atoms with van der Waals surface area (Å²) in [6, 6.07) is 12.9. The molecule has 170 valence electrons. The molecule has 0 bridgehead atoms. The molecule has 0 radical (unpaired) electrons. The molecule has 0 spiro atoms. The number of hydrogen-bond acceptors (Lipinski definition) is 5. The second-order valence-electron chi connectivity index (χ2n) is 7.99. The van der Waals surface area contributed by atoms with Crippen LogP contribution in [0.1, 0.15) is 29.5 Å². The number of aryl methyl sites for hydroxylation is 1. The van der Waals surface area contributed by atoms with Gasteiger partial charge in [-0.05, 0) is 67.8 Å². The summed E-state index contributed by atoms with van der Waals surface area (Å²) in [5.74, 6) is 2.30. The number of aromatic nitrogens is 1. The van der Waals surface area contributed by atoms with Crippen molar-refractivity contribution in [2.45, 2.75) is 33.2 Å². The van der Waals surface area contributed by atoms with Crippen LogP contribution in [0.25, 0.3) is 11.5 Å². The smallest absolute Gasteiger partial charge is 0.246 e. The number of oxazole rings is 1. The van der Waals surface area contributed by atoms with E-state index in [4.69, 9.17) is 9.15 Å². The topological polar surface area (TPSA) is 75.8 Å². The molecule has 1 aliphatic rings. The largest absolute Gasteiger partial charge is 0.508 e. The molecular weight excluding hydrogens is 416 g/mol. The highest BCUT2D eigenvalue weighted by Gasteiger charge is 2.19. The van der Waals surface area contributed by atoms with Crippen molar-refractivity contribution in [2.24, 2.45) is 0 Å². The first-order chi connectivity index (χ1) is 16.0. The first-order valence-corrected chi connectivity index (χ1v) is 11.1. The molecule has 0 aliphatic carbocycles. The van der Waals surface area contributed by atoms with Crippen LogP contribution in [0, 0.1) is 6.92 Å². The van der Waals surface area contributed by atoms with Gasteiger partial charge in [-0.3, -0.25) is 4.79 Å². The van der Waals surface area contributed by atoms with E-state index in [1.807, 2.05) is 43.0 Å². The third kappa shape index (κ3) is 5.52. The van der Waals surface area contributed by atoms with Gasteiger partial charge in [0.1, 0.15) is 17.3 Å². The van der Waals surface area contributed by atoms with Gasteiger partial charge >= 0.3 is 0 Å². The van der Waals surface area contributed by atoms with Crippen LogP contribution < -0.4 is 4.74 Å². The van der Waals surface area contributed by atoms with Crippen molar-refractivity contribution in [3.05, 3.63) is 89.3 Å². The monoisotopic (exact) mass is 444 g/mol. The van der Waals surface area contributed by atoms with Crippen LogP contribution in [0.4, 0.5) is 0 Å². The van der Waals surface area contributed by atoms with Gasteiger partial charge in [0, 0.05) is 31.1 Å². The Kier molecular flexibility index (Phi) is 6.93. The molecule has 0 saturated heterocycles. The zero-order chi connectivity index (χ0) is 23.2. The van der Waals surface area contributed by atoms with Crippen molar-refractivity contribution < 1.29 is 19.1 Å². The molecule has 6 nitrogen and oxygen atoms in total. The molecule has 1 aromatic heterocycles. The number of ether oxygens (including phenoxy) is 1. The summed E-state index contributed by atoms with van der Waals surface area (Å²) in [5.41, 5.74) is 4.05. The van der Waals surface area contributed by atoms with Crippen LogP contribution in [0.15, 0.2) is 71.2 Å². The van der Waals surface area contributed by atoms with Gasteiger partial charge in [-0.25, -0.2) is 4.98 Å². The Labute approximate surface area is 193 Å². The van der Waals surface area contributed by atoms with Crippen LogP contribution in [0.3, 0.4) is 0 Å². The highest BCUT2D eigenvalue weighted by Crippen LogP contribution is 2.26. The number of phenols is 1. The summed E-state index contributed by atoms with van der Waals surface area (Å²) in [4.78, 5) is 18.8. The summed E-state index contributed by atoms with van der Waals surface area (Å²) < 4.78 is 11.8. The van der Waals surface area contributed by atoms with Crippen LogP contribution in [0.2, 0.25) is 0 Å². The van der Waals surface area contributed by atoms with E-state index in [2.05, 4.69) is 11.1 Å². The van der Waals surface area contributed by atoms with Gasteiger partial charge in [-0.2, -0.15) is 0 Å². The van der Waals surface area contributed by atoms with E-state index in [0.29, 0.717) is 25.5 Å². The predicted molar refractivity (Wildman–Crippen MR) is 127 cm³/mol. The fraction of sp³-hybridized carbons (Fsp3) is 0.259. The van der Waals surface area contributed by atoms with E-state index in [0.717, 1.165) is 41.3 Å². The summed E-state index contributed by atoms with van der Waals surface area (Å²) in [5, 5.41) is 9.45. The van der Waals surface area contributed by atoms with E-state index in [9.17, 15) is 9.90 Å². The molecule has 2 aromatic carbocycles. The van der Waals surface area contributed by atoms with Crippen molar-refractivity contribution in [1.29, 1.82) is 0 Å². The second-order valence-corrected chi connectivity index (χ2v) is 7.99. The maximum absolute atomic E-state index is 12.4. The Bertz CT molecular complexity index is 1180. The molecule has 1 N–H and O–H groups in total. The third-order valence-electron chi connectivity index (χ3n) is 5.66. The number of fused-ring (bicyclic) bond motifs is 1. The van der Waals surface area contributed by atoms with Gasteiger partial charge < -0.3 is 19.2 Å². The molecule has 1 amide bonds. The highest BCUT2D eigenvalue weighted by atomic mass is 16.5. The molecule has 3 aromatic rings. The molecule has 33 heavy (non-hydrogen) atoms. The molecule has 4 rings (SSSR count). The average molecular weight is 445 g/mol. The van der Waals surface area contributed by atoms with Crippen molar-refractivity contribution in [2.75, 3.05) is 13.2 Å². The zero-order valence-electron chi connectivity index (χ0n) is 19.0. The van der Waals surface area contributed by atoms with Crippen molar-refractivity contribution in [3.8, 4) is 23.0 Å². The van der Waals surface area contributed by atoms with Crippen LogP contribution in [-0.4, -0.2) is 34.0 Å². The van der Waals surface area contributed by atoms with Crippen molar-refractivity contribution in [1.82, 2.24) is 9.88 Å². The Morgan fingerprint density at radius 3 is 2.79 bits per heavy atom. The predicted octanol–water partition coefficient (Wildman–Crippen LogP) is 4.99. The number of aromatic hydroxyl groups is 1. The van der Waals surface area contributed by atoms with Gasteiger partial charge in [0.2, 0.25) is 11.8 Å². The average Bonchev–Trinajstić information content (AvgIpc) is 3.19. The Morgan fingerprint density at radius 1 is 1.18 bits per heavy atom. The Balaban J connectivity index is 1.36. The number of rotatable bonds is 7. The van der Waals surface area contributed by atoms with Gasteiger partial charge in [0.25, 0.3) is 0 Å². The normalized spacial score (nSPS) is 13.6. The summed E-state index contributed by atoms with van der Waals surface area (Å²) in [6.45, 7) is 5.59. The van der Waals surface area contributed by atoms with Gasteiger partial charge in [-0.15, -0.1) is 0 Å². The van der Waals surface area contributed by atoms with Crippen LogP contribution in [-0.2, 0) is 24.2 Å². The number of amides is 1. The summed E-state index contributed by atoms with van der Waals surface area (Å²) in [6.07, 6.45) is 8.59. The number of allylic oxidation sites excluding steroid dienone is 3. The molecule has 0 saturated carbocycles. The minimum atomic E-state index is 0.0241. The van der Waals surface area contributed by atoms with E-state index in [1.165, 1.54) is 5.56 Å². The lowest BCUT2D eigenvalue weighted by Crippen LogP contribution is -2.34. The number of carbonyl (C=O) groups is 1. The van der Waals surface area contributed by atoms with E-state index < -0.39 is 0 Å². The molecule has 2 heterocycles. The van der Waals surface area contributed by atoms with Gasteiger partial charge in [0.15, 0.2) is 0 Å². The highest BCUT2D eigenvalue weighted by molar-refractivity contribution is 5.88. The molecule has 6 heteroatoms. The minimum Gasteiger partial charge on any atom is -0.508 e. The third-order valence-corrected chi connectivity index (χ3v) is 5.66. The van der Waals surface area contributed by atoms with Crippen LogP contribution >= 0.6 is 0 Å². The number of carbonyl (C=O) groups excluding carboxylic acids is 1. The SMILES string of the molecule is CC=CC=CC(=O)N1CCc2ccc(OCCc3nc(-c4ccc(O)cc4)oc3C)cc2C1. The number of benzene rings is 2. The maximum Gasteiger partial charge on any atom is 0.246 e. The standard InChI is InChI=1S/C27H28N2O4/c1-3-4-5-6-26(31)29-15-13-20-9-12-24(17-22(20)18-29)32-16-14-25-19(2)33-27(28-25)21-7-10-23(30)11-8-21/h3-12,17,30H,13-16,18H2,1-2H3. The Hall–Kier alpha value is -3.80. The van der Waals surface area contributed by atoms with E-state index in [-0.39, 0.29) is 11.7 Å². The fourth-order valence-electron chi connectivity index (χ4n) is 3.82. The molecule has 1 aliphatic heterocycles. The fourth-order valence-corrected chi connectivity index (χ4v) is 3.82. The zero-order valence-corrected chi connectivity index (χ0v) is 19.0. The van der Waals surface area contributed by atoms with E-state index in [1.54, 1.807) is 36.4 Å². The second kappa shape index (κ2) is 10.2. The summed E-state index contributed by atoms with van der Waals surface area (Å²) in [7, 11) is 0. The molecule has 0 fully saturated rings. The molecule has 0 atom stereocenters. The molecule has 0 unspecified atom stereocenters. The van der Waals surface area contributed by atoms with Crippen molar-refractivity contribution >= 4 is 5.91 Å². The summed E-state index contributed by atoms with van der Waals surface area (Å²) >= 11 is 0. The van der Waals surface area contributed by atoms with Crippen LogP contribution in [0.5, 0.6) is 11.5 Å². The first-order valence-electron chi connectivity index (χ1n) is 11.1. The lowest BCUT2D eigenvalue weighted by Gasteiger charge is -2.28. The van der Waals surface area contributed by atoms with E-state index >= 15 is 0 Å². The lowest BCUT2D eigenvalue weighted by atomic mass is 9.99. The first kappa shape index (κ1) is 22.4. The quantitative estimate of drug-likeness (QED) is 0.410. The van der Waals surface area contributed by atoms with Gasteiger partial charge in [-0.1, -0.05) is 24.3 Å². The molecular formula is C27H28N2O4. The maximum atomic E-state index is 12.4.